The second kappa shape index (κ2) is 4.55. The van der Waals surface area contributed by atoms with E-state index in [-0.39, 0.29) is 0 Å². The molecule has 11 heavy (non-hydrogen) atoms. The summed E-state index contributed by atoms with van der Waals surface area (Å²) in [6.45, 7) is 6.88. The highest BCUT2D eigenvalue weighted by atomic mass is 14.9. The van der Waals surface area contributed by atoms with Crippen LogP contribution in [0.2, 0.25) is 0 Å². The molecule has 1 heteroatoms. The smallest absolute Gasteiger partial charge is 0.0164 e. The van der Waals surface area contributed by atoms with Gasteiger partial charge in [-0.25, -0.2) is 0 Å². The van der Waals surface area contributed by atoms with Crippen LogP contribution in [0.3, 0.4) is 0 Å². The van der Waals surface area contributed by atoms with Gasteiger partial charge in [0.15, 0.2) is 0 Å². The van der Waals surface area contributed by atoms with E-state index in [2.05, 4.69) is 25.2 Å². The number of allylic oxidation sites excluding steroid dienone is 1. The van der Waals surface area contributed by atoms with Crippen LogP contribution in [0.25, 0.3) is 0 Å². The monoisotopic (exact) mass is 153 g/mol. The normalized spacial score (nSPS) is 25.5. The highest BCUT2D eigenvalue weighted by molar-refractivity contribution is 5.07. The van der Waals surface area contributed by atoms with Crippen molar-refractivity contribution in [3.63, 3.8) is 0 Å². The molecule has 1 unspecified atom stereocenters. The molecule has 1 heterocycles. The SMILES string of the molecule is CCC(C)C=C1CCCNC1. The second-order valence-electron chi connectivity index (χ2n) is 3.49. The summed E-state index contributed by atoms with van der Waals surface area (Å²) in [5.41, 5.74) is 1.62. The molecular weight excluding hydrogens is 134 g/mol. The summed E-state index contributed by atoms with van der Waals surface area (Å²) in [5, 5.41) is 3.40. The Hall–Kier alpha value is -0.300. The molecule has 1 N–H and O–H groups in total. The number of nitrogens with one attached hydrogen (secondary N) is 1. The van der Waals surface area contributed by atoms with Crippen molar-refractivity contribution in [2.45, 2.75) is 33.1 Å². The van der Waals surface area contributed by atoms with Crippen LogP contribution < -0.4 is 5.32 Å². The van der Waals surface area contributed by atoms with Crippen molar-refractivity contribution in [2.24, 2.45) is 5.92 Å². The summed E-state index contributed by atoms with van der Waals surface area (Å²) in [7, 11) is 0. The Morgan fingerprint density at radius 3 is 3.00 bits per heavy atom. The van der Waals surface area contributed by atoms with Crippen LogP contribution in [0.15, 0.2) is 11.6 Å². The molecule has 0 radical (unpaired) electrons. The number of hydrogen-bond acceptors (Lipinski definition) is 1. The van der Waals surface area contributed by atoms with E-state index in [0.717, 1.165) is 12.5 Å². The fourth-order valence-corrected chi connectivity index (χ4v) is 1.44. The fourth-order valence-electron chi connectivity index (χ4n) is 1.44. The van der Waals surface area contributed by atoms with Crippen molar-refractivity contribution in [3.8, 4) is 0 Å². The molecule has 0 spiro atoms. The predicted molar refractivity (Wildman–Crippen MR) is 49.6 cm³/mol. The van der Waals surface area contributed by atoms with E-state index < -0.39 is 0 Å². The van der Waals surface area contributed by atoms with Gasteiger partial charge in [0.05, 0.1) is 0 Å². The minimum atomic E-state index is 0.768. The predicted octanol–water partition coefficient (Wildman–Crippen LogP) is 2.34. The van der Waals surface area contributed by atoms with Gasteiger partial charge in [-0.2, -0.15) is 0 Å². The van der Waals surface area contributed by atoms with Gasteiger partial charge >= 0.3 is 0 Å². The molecule has 0 aromatic rings. The molecule has 1 aliphatic rings. The Bertz CT molecular complexity index is 130. The zero-order chi connectivity index (χ0) is 8.10. The molecule has 0 aromatic heterocycles. The van der Waals surface area contributed by atoms with Crippen LogP contribution in [0.4, 0.5) is 0 Å². The minimum absolute atomic E-state index is 0.768. The van der Waals surface area contributed by atoms with E-state index in [9.17, 15) is 0 Å². The molecule has 64 valence electrons. The van der Waals surface area contributed by atoms with Gasteiger partial charge in [0.1, 0.15) is 0 Å². The summed E-state index contributed by atoms with van der Waals surface area (Å²) in [5.74, 6) is 0.768. The van der Waals surface area contributed by atoms with E-state index in [1.165, 1.54) is 25.8 Å². The quantitative estimate of drug-likeness (QED) is 0.600. The maximum absolute atomic E-state index is 3.40. The van der Waals surface area contributed by atoms with Gasteiger partial charge in [0.25, 0.3) is 0 Å². The van der Waals surface area contributed by atoms with Gasteiger partial charge in [0, 0.05) is 6.54 Å². The first kappa shape index (κ1) is 8.79. The maximum atomic E-state index is 3.40. The van der Waals surface area contributed by atoms with E-state index >= 15 is 0 Å². The molecule has 1 aliphatic heterocycles. The standard InChI is InChI=1S/C10H19N/c1-3-9(2)7-10-5-4-6-11-8-10/h7,9,11H,3-6,8H2,1-2H3. The highest BCUT2D eigenvalue weighted by Gasteiger charge is 2.04. The van der Waals surface area contributed by atoms with Crippen LogP contribution in [-0.4, -0.2) is 13.1 Å². The number of hydrogen-bond donors (Lipinski definition) is 1. The summed E-state index contributed by atoms with van der Waals surface area (Å²) >= 11 is 0. The average Bonchev–Trinajstić information content (AvgIpc) is 2.06. The molecular formula is C10H19N. The molecule has 0 aromatic carbocycles. The van der Waals surface area contributed by atoms with E-state index in [1.807, 2.05) is 0 Å². The lowest BCUT2D eigenvalue weighted by Gasteiger charge is -2.16. The lowest BCUT2D eigenvalue weighted by atomic mass is 10.00. The number of piperidine rings is 1. The fraction of sp³-hybridized carbons (Fsp3) is 0.800. The maximum Gasteiger partial charge on any atom is 0.0164 e. The molecule has 1 atom stereocenters. The Balaban J connectivity index is 2.37. The molecule has 1 nitrogen and oxygen atoms in total. The first-order chi connectivity index (χ1) is 5.33. The highest BCUT2D eigenvalue weighted by Crippen LogP contribution is 2.13. The summed E-state index contributed by atoms with van der Waals surface area (Å²) in [6.07, 6.45) is 6.34. The van der Waals surface area contributed by atoms with Crippen LogP contribution in [0, 0.1) is 5.92 Å². The van der Waals surface area contributed by atoms with Gasteiger partial charge in [-0.05, 0) is 25.3 Å². The van der Waals surface area contributed by atoms with Gasteiger partial charge in [-0.3, -0.25) is 0 Å². The first-order valence-corrected chi connectivity index (χ1v) is 4.73. The molecule has 1 saturated heterocycles. The Labute approximate surface area is 69.9 Å². The third-order valence-corrected chi connectivity index (χ3v) is 2.37. The van der Waals surface area contributed by atoms with Crippen LogP contribution in [-0.2, 0) is 0 Å². The molecule has 0 amide bonds. The van der Waals surface area contributed by atoms with Gasteiger partial charge in [-0.15, -0.1) is 0 Å². The zero-order valence-electron chi connectivity index (χ0n) is 7.69. The van der Waals surface area contributed by atoms with Crippen molar-refractivity contribution in [1.82, 2.24) is 5.32 Å². The molecule has 1 rings (SSSR count). The van der Waals surface area contributed by atoms with Crippen molar-refractivity contribution >= 4 is 0 Å². The van der Waals surface area contributed by atoms with Crippen LogP contribution in [0.5, 0.6) is 0 Å². The Morgan fingerprint density at radius 1 is 1.64 bits per heavy atom. The van der Waals surface area contributed by atoms with E-state index in [1.54, 1.807) is 5.57 Å². The molecule has 1 fully saturated rings. The minimum Gasteiger partial charge on any atom is -0.313 e. The van der Waals surface area contributed by atoms with Gasteiger partial charge in [0.2, 0.25) is 0 Å². The lowest BCUT2D eigenvalue weighted by molar-refractivity contribution is 0.593. The van der Waals surface area contributed by atoms with Crippen molar-refractivity contribution in [1.29, 1.82) is 0 Å². The van der Waals surface area contributed by atoms with Crippen LogP contribution >= 0.6 is 0 Å². The molecule has 0 aliphatic carbocycles. The topological polar surface area (TPSA) is 12.0 Å². The molecule has 0 bridgehead atoms. The van der Waals surface area contributed by atoms with E-state index in [4.69, 9.17) is 0 Å². The van der Waals surface area contributed by atoms with E-state index in [0.29, 0.717) is 0 Å². The lowest BCUT2D eigenvalue weighted by Crippen LogP contribution is -2.24. The Kier molecular flexibility index (Phi) is 3.64. The van der Waals surface area contributed by atoms with Crippen molar-refractivity contribution < 1.29 is 0 Å². The third kappa shape index (κ3) is 3.06. The molecule has 0 saturated carbocycles. The second-order valence-corrected chi connectivity index (χ2v) is 3.49. The first-order valence-electron chi connectivity index (χ1n) is 4.73. The van der Waals surface area contributed by atoms with Gasteiger partial charge < -0.3 is 5.32 Å². The summed E-state index contributed by atoms with van der Waals surface area (Å²) in [6, 6.07) is 0. The Morgan fingerprint density at radius 2 is 2.45 bits per heavy atom. The van der Waals surface area contributed by atoms with Gasteiger partial charge in [-0.1, -0.05) is 31.9 Å². The van der Waals surface area contributed by atoms with Crippen molar-refractivity contribution in [2.75, 3.05) is 13.1 Å². The zero-order valence-corrected chi connectivity index (χ0v) is 7.69. The number of rotatable bonds is 2. The summed E-state index contributed by atoms with van der Waals surface area (Å²) < 4.78 is 0. The van der Waals surface area contributed by atoms with Crippen LogP contribution in [0.1, 0.15) is 33.1 Å². The average molecular weight is 153 g/mol. The third-order valence-electron chi connectivity index (χ3n) is 2.37. The summed E-state index contributed by atoms with van der Waals surface area (Å²) in [4.78, 5) is 0. The van der Waals surface area contributed by atoms with Crippen molar-refractivity contribution in [3.05, 3.63) is 11.6 Å². The largest absolute Gasteiger partial charge is 0.313 e.